The van der Waals surface area contributed by atoms with Crippen molar-refractivity contribution in [2.45, 2.75) is 46.0 Å². The van der Waals surface area contributed by atoms with Crippen molar-refractivity contribution in [3.05, 3.63) is 21.4 Å². The van der Waals surface area contributed by atoms with Crippen molar-refractivity contribution in [2.24, 2.45) is 5.92 Å². The summed E-state index contributed by atoms with van der Waals surface area (Å²) >= 11 is 1.52. The molecule has 0 aliphatic heterocycles. The summed E-state index contributed by atoms with van der Waals surface area (Å²) in [5, 5.41) is 2.73. The van der Waals surface area contributed by atoms with Crippen molar-refractivity contribution in [2.75, 3.05) is 13.2 Å². The third-order valence-corrected chi connectivity index (χ3v) is 4.71. The molecule has 1 aromatic rings. The van der Waals surface area contributed by atoms with E-state index < -0.39 is 0 Å². The molecule has 1 aliphatic carbocycles. The molecule has 1 heterocycles. The fourth-order valence-electron chi connectivity index (χ4n) is 2.34. The zero-order valence-corrected chi connectivity index (χ0v) is 13.6. The van der Waals surface area contributed by atoms with Crippen LogP contribution in [0.25, 0.3) is 0 Å². The van der Waals surface area contributed by atoms with Gasteiger partial charge in [0.05, 0.1) is 0 Å². The summed E-state index contributed by atoms with van der Waals surface area (Å²) < 4.78 is 5.09. The lowest BCUT2D eigenvalue weighted by atomic mass is 10.1. The zero-order chi connectivity index (χ0) is 15.2. The van der Waals surface area contributed by atoms with Crippen molar-refractivity contribution in [1.82, 2.24) is 5.32 Å². The Morgan fingerprint density at radius 1 is 1.29 bits per heavy atom. The number of thiophene rings is 1. The van der Waals surface area contributed by atoms with Crippen LogP contribution in [0, 0.1) is 5.92 Å². The van der Waals surface area contributed by atoms with Crippen molar-refractivity contribution in [3.63, 3.8) is 0 Å². The molecule has 0 bridgehead atoms. The zero-order valence-electron chi connectivity index (χ0n) is 12.7. The highest BCUT2D eigenvalue weighted by Crippen LogP contribution is 2.29. The molecular formula is C16H23NO3S. The molecule has 21 heavy (non-hydrogen) atoms. The van der Waals surface area contributed by atoms with E-state index in [0.29, 0.717) is 17.3 Å². The fourth-order valence-corrected chi connectivity index (χ4v) is 3.49. The maximum atomic E-state index is 12.0. The van der Waals surface area contributed by atoms with E-state index in [1.807, 2.05) is 19.9 Å². The Balaban J connectivity index is 1.85. The van der Waals surface area contributed by atoms with E-state index in [9.17, 15) is 9.59 Å². The summed E-state index contributed by atoms with van der Waals surface area (Å²) in [6, 6.07) is 1.94. The Morgan fingerprint density at radius 2 is 2.05 bits per heavy atom. The molecule has 116 valence electrons. The number of esters is 1. The number of fused-ring (bicyclic) bond motifs is 1. The predicted octanol–water partition coefficient (Wildman–Crippen LogP) is 2.95. The van der Waals surface area contributed by atoms with Crippen molar-refractivity contribution in [1.29, 1.82) is 0 Å². The smallest absolute Gasteiger partial charge is 0.348 e. The van der Waals surface area contributed by atoms with Crippen LogP contribution in [0.1, 0.15) is 53.2 Å². The molecule has 1 amide bonds. The number of ether oxygens (including phenoxy) is 1. The summed E-state index contributed by atoms with van der Waals surface area (Å²) in [5.74, 6) is -0.236. The molecule has 1 N–H and O–H groups in total. The van der Waals surface area contributed by atoms with Gasteiger partial charge in [-0.2, -0.15) is 0 Å². The number of rotatable bonds is 5. The molecule has 0 aromatic carbocycles. The number of hydrogen-bond acceptors (Lipinski definition) is 4. The fraction of sp³-hybridized carbons (Fsp3) is 0.625. The van der Waals surface area contributed by atoms with Crippen LogP contribution in [0.15, 0.2) is 6.07 Å². The second kappa shape index (κ2) is 7.59. The van der Waals surface area contributed by atoms with Gasteiger partial charge in [-0.15, -0.1) is 11.3 Å². The molecule has 2 rings (SSSR count). The molecule has 0 atom stereocenters. The van der Waals surface area contributed by atoms with E-state index in [-0.39, 0.29) is 18.5 Å². The Bertz CT molecular complexity index is 484. The second-order valence-electron chi connectivity index (χ2n) is 5.89. The number of aryl methyl sites for hydroxylation is 2. The Morgan fingerprint density at radius 3 is 2.81 bits per heavy atom. The van der Waals surface area contributed by atoms with Gasteiger partial charge >= 0.3 is 5.97 Å². The molecule has 5 heteroatoms. The Hall–Kier alpha value is -1.36. The van der Waals surface area contributed by atoms with Crippen LogP contribution < -0.4 is 5.32 Å². The number of amides is 1. The topological polar surface area (TPSA) is 55.4 Å². The lowest BCUT2D eigenvalue weighted by Crippen LogP contribution is -2.31. The van der Waals surface area contributed by atoms with E-state index in [1.165, 1.54) is 41.0 Å². The SMILES string of the molecule is CC(C)CNC(=O)COC(=O)c1cc2c(s1)CCCCC2. The van der Waals surface area contributed by atoms with E-state index in [1.54, 1.807) is 0 Å². The maximum absolute atomic E-state index is 12.0. The van der Waals surface area contributed by atoms with Crippen LogP contribution in [0.2, 0.25) is 0 Å². The summed E-state index contributed by atoms with van der Waals surface area (Å²) in [6.45, 7) is 4.44. The number of carbonyl (C=O) groups excluding carboxylic acids is 2. The maximum Gasteiger partial charge on any atom is 0.348 e. The highest BCUT2D eigenvalue weighted by atomic mass is 32.1. The minimum absolute atomic E-state index is 0.200. The normalized spacial score (nSPS) is 14.4. The molecule has 1 aliphatic rings. The monoisotopic (exact) mass is 309 g/mol. The van der Waals surface area contributed by atoms with Crippen LogP contribution in [0.4, 0.5) is 0 Å². The summed E-state index contributed by atoms with van der Waals surface area (Å²) in [6.07, 6.45) is 5.75. The van der Waals surface area contributed by atoms with Gasteiger partial charge in [-0.1, -0.05) is 20.3 Å². The first-order chi connectivity index (χ1) is 10.1. The second-order valence-corrected chi connectivity index (χ2v) is 7.03. The average molecular weight is 309 g/mol. The number of nitrogens with one attached hydrogen (secondary N) is 1. The molecule has 4 nitrogen and oxygen atoms in total. The van der Waals surface area contributed by atoms with Gasteiger partial charge in [-0.05, 0) is 43.2 Å². The first-order valence-electron chi connectivity index (χ1n) is 7.61. The highest BCUT2D eigenvalue weighted by Gasteiger charge is 2.18. The summed E-state index contributed by atoms with van der Waals surface area (Å²) in [7, 11) is 0. The molecule has 1 aromatic heterocycles. The summed E-state index contributed by atoms with van der Waals surface area (Å²) in [5.41, 5.74) is 1.29. The van der Waals surface area contributed by atoms with Crippen molar-refractivity contribution >= 4 is 23.2 Å². The quantitative estimate of drug-likeness (QED) is 0.672. The lowest BCUT2D eigenvalue weighted by Gasteiger charge is -2.07. The third-order valence-electron chi connectivity index (χ3n) is 3.49. The first kappa shape index (κ1) is 16.0. The van der Waals surface area contributed by atoms with Crippen molar-refractivity contribution < 1.29 is 14.3 Å². The van der Waals surface area contributed by atoms with Gasteiger partial charge in [-0.25, -0.2) is 4.79 Å². The predicted molar refractivity (Wildman–Crippen MR) is 83.7 cm³/mol. The third kappa shape index (κ3) is 4.84. The van der Waals surface area contributed by atoms with Crippen LogP contribution in [-0.4, -0.2) is 25.0 Å². The molecule has 0 fully saturated rings. The lowest BCUT2D eigenvalue weighted by molar-refractivity contribution is -0.124. The molecule has 0 saturated heterocycles. The molecule has 0 radical (unpaired) electrons. The van der Waals surface area contributed by atoms with Crippen LogP contribution >= 0.6 is 11.3 Å². The number of carbonyl (C=O) groups is 2. The van der Waals surface area contributed by atoms with E-state index in [2.05, 4.69) is 5.32 Å². The van der Waals surface area contributed by atoms with Crippen LogP contribution in [0.3, 0.4) is 0 Å². The summed E-state index contributed by atoms with van der Waals surface area (Å²) in [4.78, 5) is 25.5. The average Bonchev–Trinajstić information content (AvgIpc) is 2.73. The van der Waals surface area contributed by atoms with E-state index >= 15 is 0 Å². The van der Waals surface area contributed by atoms with E-state index in [4.69, 9.17) is 4.74 Å². The van der Waals surface area contributed by atoms with Gasteiger partial charge in [0.25, 0.3) is 5.91 Å². The van der Waals surface area contributed by atoms with Crippen molar-refractivity contribution in [3.8, 4) is 0 Å². The largest absolute Gasteiger partial charge is 0.451 e. The molecule has 0 unspecified atom stereocenters. The first-order valence-corrected chi connectivity index (χ1v) is 8.43. The Labute approximate surface area is 129 Å². The minimum Gasteiger partial charge on any atom is -0.451 e. The Kier molecular flexibility index (Phi) is 5.79. The molecule has 0 saturated carbocycles. The van der Waals surface area contributed by atoms with Crippen LogP contribution in [0.5, 0.6) is 0 Å². The van der Waals surface area contributed by atoms with Gasteiger partial charge in [-0.3, -0.25) is 4.79 Å². The van der Waals surface area contributed by atoms with Crippen LogP contribution in [-0.2, 0) is 22.4 Å². The number of hydrogen-bond donors (Lipinski definition) is 1. The van der Waals surface area contributed by atoms with Gasteiger partial charge in [0.15, 0.2) is 6.61 Å². The van der Waals surface area contributed by atoms with Gasteiger partial charge < -0.3 is 10.1 Å². The molecular weight excluding hydrogens is 286 g/mol. The minimum atomic E-state index is -0.382. The highest BCUT2D eigenvalue weighted by molar-refractivity contribution is 7.14. The van der Waals surface area contributed by atoms with Gasteiger partial charge in [0.1, 0.15) is 4.88 Å². The van der Waals surface area contributed by atoms with E-state index in [0.717, 1.165) is 12.8 Å². The van der Waals surface area contributed by atoms with Gasteiger partial charge in [0.2, 0.25) is 0 Å². The molecule has 0 spiro atoms. The standard InChI is InChI=1S/C16H23NO3S/c1-11(2)9-17-15(18)10-20-16(19)14-8-12-6-4-3-5-7-13(12)21-14/h8,11H,3-7,9-10H2,1-2H3,(H,17,18). The van der Waals surface area contributed by atoms with Gasteiger partial charge in [0, 0.05) is 11.4 Å².